The minimum Gasteiger partial charge on any atom is -0.330 e. The predicted molar refractivity (Wildman–Crippen MR) is 73.4 cm³/mol. The second-order valence-corrected chi connectivity index (χ2v) is 5.87. The van der Waals surface area contributed by atoms with Gasteiger partial charge in [0.15, 0.2) is 0 Å². The van der Waals surface area contributed by atoms with Crippen molar-refractivity contribution in [2.75, 3.05) is 26.2 Å². The molecule has 0 aromatic heterocycles. The number of hydrogen-bond acceptors (Lipinski definition) is 2. The Kier molecular flexibility index (Phi) is 4.87. The van der Waals surface area contributed by atoms with Crippen molar-refractivity contribution in [2.45, 2.75) is 51.5 Å². The van der Waals surface area contributed by atoms with Gasteiger partial charge in [-0.05, 0) is 51.0 Å². The Morgan fingerprint density at radius 2 is 1.94 bits per heavy atom. The summed E-state index contributed by atoms with van der Waals surface area (Å²) in [6.07, 6.45) is 6.75. The van der Waals surface area contributed by atoms with Gasteiger partial charge in [0, 0.05) is 25.7 Å². The Labute approximate surface area is 110 Å². The first-order valence-electron chi connectivity index (χ1n) is 7.48. The zero-order valence-corrected chi connectivity index (χ0v) is 11.6. The van der Waals surface area contributed by atoms with Crippen LogP contribution >= 0.6 is 0 Å². The molecule has 4 heteroatoms. The lowest BCUT2D eigenvalue weighted by atomic mass is 9.99. The molecule has 2 amide bonds. The van der Waals surface area contributed by atoms with E-state index in [1.165, 1.54) is 0 Å². The van der Waals surface area contributed by atoms with Gasteiger partial charge in [0.1, 0.15) is 0 Å². The van der Waals surface area contributed by atoms with E-state index in [0.29, 0.717) is 6.04 Å². The summed E-state index contributed by atoms with van der Waals surface area (Å²) < 4.78 is 0. The Hall–Kier alpha value is -0.770. The molecular formula is C14H27N3O. The molecule has 2 heterocycles. The molecule has 2 fully saturated rings. The van der Waals surface area contributed by atoms with Crippen molar-refractivity contribution in [3.63, 3.8) is 0 Å². The second-order valence-electron chi connectivity index (χ2n) is 5.87. The third-order valence-electron chi connectivity index (χ3n) is 4.42. The van der Waals surface area contributed by atoms with Gasteiger partial charge in [-0.1, -0.05) is 6.92 Å². The molecule has 0 bridgehead atoms. The average Bonchev–Trinajstić information content (AvgIpc) is 2.84. The van der Waals surface area contributed by atoms with Crippen molar-refractivity contribution in [1.82, 2.24) is 9.80 Å². The highest BCUT2D eigenvalue weighted by molar-refractivity contribution is 5.75. The molecule has 0 radical (unpaired) electrons. The molecule has 0 saturated carbocycles. The van der Waals surface area contributed by atoms with Crippen LogP contribution in [0.2, 0.25) is 0 Å². The molecule has 2 aliphatic rings. The molecule has 2 N–H and O–H groups in total. The molecule has 0 aromatic carbocycles. The maximum absolute atomic E-state index is 12.5. The van der Waals surface area contributed by atoms with Crippen molar-refractivity contribution >= 4 is 6.03 Å². The number of urea groups is 1. The molecule has 0 spiro atoms. The van der Waals surface area contributed by atoms with Gasteiger partial charge in [-0.15, -0.1) is 0 Å². The quantitative estimate of drug-likeness (QED) is 0.837. The van der Waals surface area contributed by atoms with Crippen LogP contribution in [0.5, 0.6) is 0 Å². The zero-order chi connectivity index (χ0) is 13.0. The molecule has 1 unspecified atom stereocenters. The topological polar surface area (TPSA) is 49.6 Å². The summed E-state index contributed by atoms with van der Waals surface area (Å²) in [6.45, 7) is 5.85. The smallest absolute Gasteiger partial charge is 0.320 e. The summed E-state index contributed by atoms with van der Waals surface area (Å²) in [4.78, 5) is 16.7. The summed E-state index contributed by atoms with van der Waals surface area (Å²) in [5.41, 5.74) is 5.57. The number of amides is 2. The SMILES string of the molecule is CC1CCN(C(=O)N2CCCC2CCCN)CC1. The molecule has 0 aliphatic carbocycles. The van der Waals surface area contributed by atoms with Crippen molar-refractivity contribution in [3.05, 3.63) is 0 Å². The summed E-state index contributed by atoms with van der Waals surface area (Å²) in [6, 6.07) is 0.724. The van der Waals surface area contributed by atoms with Gasteiger partial charge < -0.3 is 15.5 Å². The van der Waals surface area contributed by atoms with E-state index in [9.17, 15) is 4.79 Å². The maximum Gasteiger partial charge on any atom is 0.320 e. The van der Waals surface area contributed by atoms with E-state index in [4.69, 9.17) is 5.73 Å². The highest BCUT2D eigenvalue weighted by Gasteiger charge is 2.32. The number of hydrogen-bond donors (Lipinski definition) is 1. The van der Waals surface area contributed by atoms with Crippen LogP contribution < -0.4 is 5.73 Å². The molecule has 2 rings (SSSR count). The van der Waals surface area contributed by atoms with E-state index in [2.05, 4.69) is 16.7 Å². The lowest BCUT2D eigenvalue weighted by Gasteiger charge is -2.35. The summed E-state index contributed by atoms with van der Waals surface area (Å²) in [5, 5.41) is 0. The summed E-state index contributed by atoms with van der Waals surface area (Å²) in [7, 11) is 0. The van der Waals surface area contributed by atoms with Gasteiger partial charge >= 0.3 is 6.03 Å². The van der Waals surface area contributed by atoms with Gasteiger partial charge in [0.2, 0.25) is 0 Å². The van der Waals surface area contributed by atoms with Crippen LogP contribution in [0, 0.1) is 5.92 Å². The molecule has 2 saturated heterocycles. The van der Waals surface area contributed by atoms with E-state index in [1.54, 1.807) is 0 Å². The molecule has 2 aliphatic heterocycles. The predicted octanol–water partition coefficient (Wildman–Crippen LogP) is 2.04. The van der Waals surface area contributed by atoms with E-state index in [-0.39, 0.29) is 6.03 Å². The minimum atomic E-state index is 0.279. The zero-order valence-electron chi connectivity index (χ0n) is 11.6. The Bertz CT molecular complexity index is 274. The Morgan fingerprint density at radius 1 is 1.22 bits per heavy atom. The fourth-order valence-electron chi connectivity index (χ4n) is 3.12. The van der Waals surface area contributed by atoms with E-state index in [0.717, 1.165) is 70.6 Å². The van der Waals surface area contributed by atoms with Gasteiger partial charge in [0.25, 0.3) is 0 Å². The molecule has 0 aromatic rings. The summed E-state index contributed by atoms with van der Waals surface area (Å²) in [5.74, 6) is 0.778. The Morgan fingerprint density at radius 3 is 2.61 bits per heavy atom. The normalized spacial score (nSPS) is 25.8. The minimum absolute atomic E-state index is 0.279. The van der Waals surface area contributed by atoms with Gasteiger partial charge in [-0.2, -0.15) is 0 Å². The first kappa shape index (κ1) is 13.7. The van der Waals surface area contributed by atoms with Crippen LogP contribution in [-0.4, -0.2) is 48.1 Å². The van der Waals surface area contributed by atoms with E-state index in [1.807, 2.05) is 0 Å². The van der Waals surface area contributed by atoms with Crippen molar-refractivity contribution in [2.24, 2.45) is 11.7 Å². The lowest BCUT2D eigenvalue weighted by molar-refractivity contribution is 0.128. The number of nitrogens with zero attached hydrogens (tertiary/aromatic N) is 2. The number of carbonyl (C=O) groups excluding carboxylic acids is 1. The first-order valence-corrected chi connectivity index (χ1v) is 7.48. The van der Waals surface area contributed by atoms with E-state index >= 15 is 0 Å². The monoisotopic (exact) mass is 253 g/mol. The van der Waals surface area contributed by atoms with Crippen LogP contribution in [0.4, 0.5) is 4.79 Å². The van der Waals surface area contributed by atoms with Crippen LogP contribution in [0.3, 0.4) is 0 Å². The van der Waals surface area contributed by atoms with Crippen molar-refractivity contribution < 1.29 is 4.79 Å². The largest absolute Gasteiger partial charge is 0.330 e. The van der Waals surface area contributed by atoms with Gasteiger partial charge in [0.05, 0.1) is 0 Å². The number of nitrogens with two attached hydrogens (primary N) is 1. The van der Waals surface area contributed by atoms with Gasteiger partial charge in [-0.3, -0.25) is 0 Å². The molecule has 104 valence electrons. The number of carbonyl (C=O) groups is 1. The molecule has 1 atom stereocenters. The van der Waals surface area contributed by atoms with Crippen LogP contribution in [0.1, 0.15) is 45.4 Å². The number of likely N-dealkylation sites (tertiary alicyclic amines) is 2. The van der Waals surface area contributed by atoms with Crippen LogP contribution in [0.25, 0.3) is 0 Å². The highest BCUT2D eigenvalue weighted by atomic mass is 16.2. The number of piperidine rings is 1. The summed E-state index contributed by atoms with van der Waals surface area (Å²) >= 11 is 0. The van der Waals surface area contributed by atoms with Crippen LogP contribution in [-0.2, 0) is 0 Å². The highest BCUT2D eigenvalue weighted by Crippen LogP contribution is 2.24. The first-order chi connectivity index (χ1) is 8.72. The number of rotatable bonds is 3. The third kappa shape index (κ3) is 3.16. The fraction of sp³-hybridized carbons (Fsp3) is 0.929. The van der Waals surface area contributed by atoms with Crippen molar-refractivity contribution in [1.29, 1.82) is 0 Å². The third-order valence-corrected chi connectivity index (χ3v) is 4.42. The second kappa shape index (κ2) is 6.41. The maximum atomic E-state index is 12.5. The van der Waals surface area contributed by atoms with Crippen molar-refractivity contribution in [3.8, 4) is 0 Å². The van der Waals surface area contributed by atoms with Gasteiger partial charge in [-0.25, -0.2) is 4.79 Å². The lowest BCUT2D eigenvalue weighted by Crippen LogP contribution is -2.48. The van der Waals surface area contributed by atoms with Crippen LogP contribution in [0.15, 0.2) is 0 Å². The van der Waals surface area contributed by atoms with E-state index < -0.39 is 0 Å². The molecule has 18 heavy (non-hydrogen) atoms. The molecular weight excluding hydrogens is 226 g/mol. The standard InChI is InChI=1S/C14H27N3O/c1-12-6-10-16(11-7-12)14(18)17-9-3-5-13(17)4-2-8-15/h12-13H,2-11,15H2,1H3. The fourth-order valence-corrected chi connectivity index (χ4v) is 3.12. The Balaban J connectivity index is 1.87. The molecule has 4 nitrogen and oxygen atoms in total. The average molecular weight is 253 g/mol.